The molecule has 1 amide bonds. The van der Waals surface area contributed by atoms with Gasteiger partial charge in [-0.3, -0.25) is 9.10 Å². The van der Waals surface area contributed by atoms with Gasteiger partial charge >= 0.3 is 0 Å². The first kappa shape index (κ1) is 22.8. The fourth-order valence-corrected chi connectivity index (χ4v) is 4.65. The maximum atomic E-state index is 13.2. The number of hydrogen-bond donors (Lipinski definition) is 1. The molecule has 162 valence electrons. The zero-order chi connectivity index (χ0) is 22.3. The first-order valence-corrected chi connectivity index (χ1v) is 11.8. The Labute approximate surface area is 188 Å². The highest BCUT2D eigenvalue weighted by Gasteiger charge is 2.27. The minimum atomic E-state index is -3.93. The second-order valence-corrected chi connectivity index (χ2v) is 9.54. The van der Waals surface area contributed by atoms with Crippen LogP contribution < -0.4 is 9.62 Å². The van der Waals surface area contributed by atoms with E-state index in [1.807, 2.05) is 6.92 Å². The zero-order valence-corrected chi connectivity index (χ0v) is 18.9. The van der Waals surface area contributed by atoms with Crippen molar-refractivity contribution in [2.45, 2.75) is 24.7 Å². The number of halogens is 1. The number of amides is 1. The van der Waals surface area contributed by atoms with Crippen LogP contribution in [0, 0.1) is 6.92 Å². The molecule has 0 heterocycles. The third-order valence-corrected chi connectivity index (χ3v) is 6.86. The van der Waals surface area contributed by atoms with Gasteiger partial charge in [-0.2, -0.15) is 0 Å². The molecule has 3 rings (SSSR count). The number of anilines is 1. The first-order valence-electron chi connectivity index (χ1n) is 10.0. The second kappa shape index (κ2) is 10.5. The van der Waals surface area contributed by atoms with Gasteiger partial charge in [-0.15, -0.1) is 0 Å². The summed E-state index contributed by atoms with van der Waals surface area (Å²) >= 11 is 5.89. The van der Waals surface area contributed by atoms with Gasteiger partial charge in [-0.1, -0.05) is 59.6 Å². The Kier molecular flexibility index (Phi) is 7.71. The molecular weight excluding hydrogens is 432 g/mol. The van der Waals surface area contributed by atoms with Crippen LogP contribution in [0.1, 0.15) is 17.5 Å². The van der Waals surface area contributed by atoms with Crippen LogP contribution in [0.4, 0.5) is 5.69 Å². The number of nitrogens with one attached hydrogen (secondary N) is 1. The molecule has 1 N–H and O–H groups in total. The average molecular weight is 457 g/mol. The number of nitrogens with zero attached hydrogens (tertiary/aromatic N) is 1. The summed E-state index contributed by atoms with van der Waals surface area (Å²) in [7, 11) is -3.93. The van der Waals surface area contributed by atoms with Crippen molar-refractivity contribution in [2.24, 2.45) is 0 Å². The number of hydrogen-bond acceptors (Lipinski definition) is 3. The highest BCUT2D eigenvalue weighted by atomic mass is 35.5. The monoisotopic (exact) mass is 456 g/mol. The number of aryl methyl sites for hydroxylation is 2. The van der Waals surface area contributed by atoms with Crippen LogP contribution in [0.5, 0.6) is 0 Å². The lowest BCUT2D eigenvalue weighted by Crippen LogP contribution is -2.41. The van der Waals surface area contributed by atoms with Crippen molar-refractivity contribution in [3.8, 4) is 0 Å². The Hall–Kier alpha value is -2.83. The molecule has 0 radical (unpaired) electrons. The van der Waals surface area contributed by atoms with Crippen LogP contribution in [0.25, 0.3) is 0 Å². The summed E-state index contributed by atoms with van der Waals surface area (Å²) in [6.45, 7) is 2.20. The lowest BCUT2D eigenvalue weighted by molar-refractivity contribution is -0.119. The van der Waals surface area contributed by atoms with Crippen molar-refractivity contribution in [2.75, 3.05) is 17.4 Å². The largest absolute Gasteiger partial charge is 0.355 e. The standard InChI is InChI=1S/C24H25ClN2O3S/c1-19-9-11-20(12-10-19)6-5-17-26-24(28)18-27(22-7-3-2-4-8-22)31(29,30)23-15-13-21(25)14-16-23/h2-4,7-16H,5-6,17-18H2,1H3,(H,26,28). The quantitative estimate of drug-likeness (QED) is 0.479. The van der Waals surface area contributed by atoms with E-state index in [0.29, 0.717) is 17.3 Å². The highest BCUT2D eigenvalue weighted by molar-refractivity contribution is 7.92. The molecule has 0 fully saturated rings. The van der Waals surface area contributed by atoms with E-state index in [0.717, 1.165) is 17.1 Å². The molecule has 0 spiro atoms. The lowest BCUT2D eigenvalue weighted by atomic mass is 10.1. The number of benzene rings is 3. The molecule has 5 nitrogen and oxygen atoms in total. The summed E-state index contributed by atoms with van der Waals surface area (Å²) in [5, 5.41) is 3.27. The molecule has 0 aromatic heterocycles. The molecule has 0 aliphatic rings. The van der Waals surface area contributed by atoms with Crippen LogP contribution in [0.15, 0.2) is 83.8 Å². The summed E-state index contributed by atoms with van der Waals surface area (Å²) in [6, 6.07) is 22.8. The molecule has 3 aromatic carbocycles. The Bertz CT molecular complexity index is 1100. The van der Waals surface area contributed by atoms with Crippen molar-refractivity contribution in [1.82, 2.24) is 5.32 Å². The van der Waals surface area contributed by atoms with Gasteiger partial charge < -0.3 is 5.32 Å². The van der Waals surface area contributed by atoms with Gasteiger partial charge in [0.25, 0.3) is 10.0 Å². The van der Waals surface area contributed by atoms with Gasteiger partial charge in [0.1, 0.15) is 6.54 Å². The van der Waals surface area contributed by atoms with Crippen LogP contribution in [0.2, 0.25) is 5.02 Å². The topological polar surface area (TPSA) is 66.5 Å². The van der Waals surface area contributed by atoms with Crippen molar-refractivity contribution in [3.05, 3.63) is 95.0 Å². The highest BCUT2D eigenvalue weighted by Crippen LogP contribution is 2.24. The molecule has 31 heavy (non-hydrogen) atoms. The number of para-hydroxylation sites is 1. The van der Waals surface area contributed by atoms with E-state index < -0.39 is 10.0 Å². The van der Waals surface area contributed by atoms with Gasteiger partial charge in [0, 0.05) is 11.6 Å². The minimum Gasteiger partial charge on any atom is -0.355 e. The maximum Gasteiger partial charge on any atom is 0.264 e. The first-order chi connectivity index (χ1) is 14.9. The van der Waals surface area contributed by atoms with Gasteiger partial charge in [0.2, 0.25) is 5.91 Å². The van der Waals surface area contributed by atoms with E-state index in [1.165, 1.54) is 35.4 Å². The summed E-state index contributed by atoms with van der Waals surface area (Å²) in [5.41, 5.74) is 2.84. The van der Waals surface area contributed by atoms with Crippen LogP contribution in [-0.2, 0) is 21.2 Å². The Balaban J connectivity index is 1.66. The van der Waals surface area contributed by atoms with Gasteiger partial charge in [0.15, 0.2) is 0 Å². The van der Waals surface area contributed by atoms with E-state index in [4.69, 9.17) is 11.6 Å². The molecule has 0 aliphatic heterocycles. The third-order valence-electron chi connectivity index (χ3n) is 4.82. The third kappa shape index (κ3) is 6.32. The Morgan fingerprint density at radius 1 is 0.935 bits per heavy atom. The van der Waals surface area contributed by atoms with E-state index in [2.05, 4.69) is 29.6 Å². The normalized spacial score (nSPS) is 11.2. The van der Waals surface area contributed by atoms with E-state index in [9.17, 15) is 13.2 Å². The van der Waals surface area contributed by atoms with E-state index >= 15 is 0 Å². The number of carbonyl (C=O) groups excluding carboxylic acids is 1. The van der Waals surface area contributed by atoms with Crippen molar-refractivity contribution >= 4 is 33.2 Å². The lowest BCUT2D eigenvalue weighted by Gasteiger charge is -2.24. The molecule has 0 aliphatic carbocycles. The Morgan fingerprint density at radius 3 is 2.23 bits per heavy atom. The van der Waals surface area contributed by atoms with Crippen LogP contribution in [-0.4, -0.2) is 27.4 Å². The number of sulfonamides is 1. The van der Waals surface area contributed by atoms with Crippen LogP contribution >= 0.6 is 11.6 Å². The SMILES string of the molecule is Cc1ccc(CCCNC(=O)CN(c2ccccc2)S(=O)(=O)c2ccc(Cl)cc2)cc1. The number of carbonyl (C=O) groups is 1. The molecule has 3 aromatic rings. The molecule has 7 heteroatoms. The molecule has 0 bridgehead atoms. The predicted molar refractivity (Wildman–Crippen MR) is 125 cm³/mol. The molecule has 0 saturated carbocycles. The molecule has 0 saturated heterocycles. The van der Waals surface area contributed by atoms with E-state index in [1.54, 1.807) is 30.3 Å². The summed E-state index contributed by atoms with van der Waals surface area (Å²) in [4.78, 5) is 12.7. The number of rotatable bonds is 9. The van der Waals surface area contributed by atoms with Crippen LogP contribution in [0.3, 0.4) is 0 Å². The minimum absolute atomic E-state index is 0.0768. The summed E-state index contributed by atoms with van der Waals surface area (Å²) < 4.78 is 27.6. The summed E-state index contributed by atoms with van der Waals surface area (Å²) in [6.07, 6.45) is 1.61. The zero-order valence-electron chi connectivity index (χ0n) is 17.3. The van der Waals surface area contributed by atoms with Crippen molar-refractivity contribution in [1.29, 1.82) is 0 Å². The van der Waals surface area contributed by atoms with Gasteiger partial charge in [-0.25, -0.2) is 8.42 Å². The molecular formula is C24H25ClN2O3S. The molecule has 0 atom stereocenters. The maximum absolute atomic E-state index is 13.2. The predicted octanol–water partition coefficient (Wildman–Crippen LogP) is 4.59. The average Bonchev–Trinajstić information content (AvgIpc) is 2.77. The smallest absolute Gasteiger partial charge is 0.264 e. The van der Waals surface area contributed by atoms with Crippen molar-refractivity contribution in [3.63, 3.8) is 0 Å². The molecule has 0 unspecified atom stereocenters. The Morgan fingerprint density at radius 2 is 1.58 bits per heavy atom. The second-order valence-electron chi connectivity index (χ2n) is 7.24. The fraction of sp³-hybridized carbons (Fsp3) is 0.208. The van der Waals surface area contributed by atoms with E-state index in [-0.39, 0.29) is 17.3 Å². The fourth-order valence-electron chi connectivity index (χ4n) is 3.10. The van der Waals surface area contributed by atoms with Crippen molar-refractivity contribution < 1.29 is 13.2 Å². The summed E-state index contributed by atoms with van der Waals surface area (Å²) in [5.74, 6) is -0.356. The van der Waals surface area contributed by atoms with Gasteiger partial charge in [0.05, 0.1) is 10.6 Å². The van der Waals surface area contributed by atoms with Gasteiger partial charge in [-0.05, 0) is 61.7 Å².